The van der Waals surface area contributed by atoms with Gasteiger partial charge in [-0.1, -0.05) is 24.3 Å². The summed E-state index contributed by atoms with van der Waals surface area (Å²) in [7, 11) is 0. The molecular weight excluding hydrogens is 204 g/mol. The fourth-order valence-electron chi connectivity index (χ4n) is 2.24. The first kappa shape index (κ1) is 9.15. The average molecular weight is 214 g/mol. The van der Waals surface area contributed by atoms with Crippen LogP contribution in [0.25, 0.3) is 11.3 Å². The molecule has 0 spiro atoms. The van der Waals surface area contributed by atoms with Crippen molar-refractivity contribution in [3.05, 3.63) is 41.1 Å². The lowest BCUT2D eigenvalue weighted by atomic mass is 9.89. The second-order valence-corrected chi connectivity index (χ2v) is 3.89. The molecule has 0 aliphatic heterocycles. The summed E-state index contributed by atoms with van der Waals surface area (Å²) in [6, 6.07) is 7.99. The Morgan fingerprint density at radius 3 is 2.94 bits per heavy atom. The first-order chi connectivity index (χ1) is 7.77. The number of carboxylic acid groups (broad SMARTS) is 1. The van der Waals surface area contributed by atoms with E-state index in [2.05, 4.69) is 16.3 Å². The van der Waals surface area contributed by atoms with Gasteiger partial charge < -0.3 is 5.11 Å². The number of nitrogens with one attached hydrogen (secondary N) is 1. The molecule has 1 aromatic heterocycles. The van der Waals surface area contributed by atoms with Crippen LogP contribution < -0.4 is 0 Å². The van der Waals surface area contributed by atoms with Crippen LogP contribution in [-0.4, -0.2) is 21.3 Å². The topological polar surface area (TPSA) is 66.0 Å². The number of aryl methyl sites for hydroxylation is 1. The van der Waals surface area contributed by atoms with Gasteiger partial charge in [-0.05, 0) is 18.4 Å². The highest BCUT2D eigenvalue weighted by molar-refractivity contribution is 5.90. The normalized spacial score (nSPS) is 13.0. The molecule has 1 heterocycles. The third-order valence-electron chi connectivity index (χ3n) is 3.00. The van der Waals surface area contributed by atoms with E-state index in [0.29, 0.717) is 0 Å². The van der Waals surface area contributed by atoms with Gasteiger partial charge in [0.15, 0.2) is 0 Å². The van der Waals surface area contributed by atoms with Crippen molar-refractivity contribution in [2.24, 2.45) is 0 Å². The summed E-state index contributed by atoms with van der Waals surface area (Å²) in [5, 5.41) is 15.7. The van der Waals surface area contributed by atoms with E-state index in [1.807, 2.05) is 18.2 Å². The number of hydrogen-bond donors (Lipinski definition) is 2. The Balaban J connectivity index is 2.23. The van der Waals surface area contributed by atoms with E-state index in [9.17, 15) is 4.79 Å². The molecule has 16 heavy (non-hydrogen) atoms. The number of aromatic carboxylic acids is 1. The third kappa shape index (κ3) is 1.16. The van der Waals surface area contributed by atoms with E-state index in [1.165, 1.54) is 5.56 Å². The first-order valence-electron chi connectivity index (χ1n) is 5.16. The molecular formula is C12H10N2O2. The molecule has 0 saturated heterocycles. The Kier molecular flexibility index (Phi) is 1.83. The van der Waals surface area contributed by atoms with Crippen molar-refractivity contribution in [3.63, 3.8) is 0 Å². The van der Waals surface area contributed by atoms with Crippen molar-refractivity contribution < 1.29 is 9.90 Å². The number of aromatic nitrogens is 2. The van der Waals surface area contributed by atoms with Crippen molar-refractivity contribution in [3.8, 4) is 11.3 Å². The van der Waals surface area contributed by atoms with E-state index in [0.717, 1.165) is 29.7 Å². The summed E-state index contributed by atoms with van der Waals surface area (Å²) < 4.78 is 0. The zero-order valence-electron chi connectivity index (χ0n) is 8.53. The highest BCUT2D eigenvalue weighted by Gasteiger charge is 2.24. The number of rotatable bonds is 1. The van der Waals surface area contributed by atoms with Crippen LogP contribution in [-0.2, 0) is 12.8 Å². The monoisotopic (exact) mass is 214 g/mol. The molecule has 1 aromatic carbocycles. The Bertz CT molecular complexity index is 572. The van der Waals surface area contributed by atoms with Crippen LogP contribution >= 0.6 is 0 Å². The predicted octanol–water partition coefficient (Wildman–Crippen LogP) is 1.87. The second kappa shape index (κ2) is 3.20. The minimum absolute atomic E-state index is 0.226. The van der Waals surface area contributed by atoms with Crippen LogP contribution in [0, 0.1) is 0 Å². The molecule has 4 heteroatoms. The van der Waals surface area contributed by atoms with Crippen molar-refractivity contribution >= 4 is 5.97 Å². The average Bonchev–Trinajstić information content (AvgIpc) is 2.73. The lowest BCUT2D eigenvalue weighted by molar-refractivity contribution is 0.0689. The van der Waals surface area contributed by atoms with E-state index >= 15 is 0 Å². The molecule has 3 rings (SSSR count). The van der Waals surface area contributed by atoms with Gasteiger partial charge in [-0.25, -0.2) is 4.79 Å². The Hall–Kier alpha value is -2.10. The molecule has 1 aliphatic carbocycles. The van der Waals surface area contributed by atoms with Crippen LogP contribution in [0.3, 0.4) is 0 Å². The van der Waals surface area contributed by atoms with Crippen molar-refractivity contribution in [2.75, 3.05) is 0 Å². The largest absolute Gasteiger partial charge is 0.477 e. The standard InChI is InChI=1S/C12H10N2O2/c15-12(16)11-9-6-5-7-3-1-2-4-8(7)10(9)13-14-11/h1-4H,5-6H2,(H,13,14)(H,15,16). The summed E-state index contributed by atoms with van der Waals surface area (Å²) in [4.78, 5) is 11.0. The summed E-state index contributed by atoms with van der Waals surface area (Å²) >= 11 is 0. The lowest BCUT2D eigenvalue weighted by Gasteiger charge is -2.14. The molecule has 0 saturated carbocycles. The van der Waals surface area contributed by atoms with Gasteiger partial charge in [0.05, 0.1) is 5.69 Å². The van der Waals surface area contributed by atoms with Gasteiger partial charge in [0.2, 0.25) is 0 Å². The van der Waals surface area contributed by atoms with Crippen LogP contribution in [0.2, 0.25) is 0 Å². The number of hydrogen-bond acceptors (Lipinski definition) is 2. The van der Waals surface area contributed by atoms with E-state index in [1.54, 1.807) is 0 Å². The van der Waals surface area contributed by atoms with Crippen molar-refractivity contribution in [1.82, 2.24) is 10.2 Å². The minimum atomic E-state index is -0.937. The van der Waals surface area contributed by atoms with Gasteiger partial charge in [-0.3, -0.25) is 5.10 Å². The molecule has 0 radical (unpaired) electrons. The maximum atomic E-state index is 11.0. The molecule has 0 amide bonds. The van der Waals surface area contributed by atoms with Crippen molar-refractivity contribution in [1.29, 1.82) is 0 Å². The van der Waals surface area contributed by atoms with Gasteiger partial charge >= 0.3 is 5.97 Å². The van der Waals surface area contributed by atoms with Crippen LogP contribution in [0.4, 0.5) is 0 Å². The summed E-state index contributed by atoms with van der Waals surface area (Å²) in [6.07, 6.45) is 1.62. The van der Waals surface area contributed by atoms with Gasteiger partial charge in [-0.2, -0.15) is 5.10 Å². The molecule has 0 atom stereocenters. The van der Waals surface area contributed by atoms with Crippen LogP contribution in [0.15, 0.2) is 24.3 Å². The van der Waals surface area contributed by atoms with Gasteiger partial charge in [0, 0.05) is 11.1 Å². The second-order valence-electron chi connectivity index (χ2n) is 3.89. The summed E-state index contributed by atoms with van der Waals surface area (Å²) in [5.74, 6) is -0.937. The summed E-state index contributed by atoms with van der Waals surface area (Å²) in [6.45, 7) is 0. The smallest absolute Gasteiger partial charge is 0.354 e. The highest BCUT2D eigenvalue weighted by Crippen LogP contribution is 2.33. The molecule has 1 aliphatic rings. The molecule has 4 nitrogen and oxygen atoms in total. The maximum absolute atomic E-state index is 11.0. The third-order valence-corrected chi connectivity index (χ3v) is 3.00. The highest BCUT2D eigenvalue weighted by atomic mass is 16.4. The number of fused-ring (bicyclic) bond motifs is 3. The molecule has 80 valence electrons. The fourth-order valence-corrected chi connectivity index (χ4v) is 2.24. The van der Waals surface area contributed by atoms with Gasteiger partial charge in [0.1, 0.15) is 5.69 Å². The molecule has 0 unspecified atom stereocenters. The zero-order chi connectivity index (χ0) is 11.1. The first-order valence-corrected chi connectivity index (χ1v) is 5.16. The predicted molar refractivity (Wildman–Crippen MR) is 58.4 cm³/mol. The minimum Gasteiger partial charge on any atom is -0.477 e. The number of H-pyrrole nitrogens is 1. The lowest BCUT2D eigenvalue weighted by Crippen LogP contribution is -2.07. The number of carbonyl (C=O) groups is 1. The molecule has 2 aromatic rings. The Morgan fingerprint density at radius 1 is 1.31 bits per heavy atom. The number of aromatic amines is 1. The Labute approximate surface area is 91.9 Å². The number of nitrogens with zero attached hydrogens (tertiary/aromatic N) is 1. The maximum Gasteiger partial charge on any atom is 0.354 e. The van der Waals surface area contributed by atoms with E-state index in [-0.39, 0.29) is 5.69 Å². The summed E-state index contributed by atoms with van der Waals surface area (Å²) in [5.41, 5.74) is 4.13. The van der Waals surface area contributed by atoms with Crippen LogP contribution in [0.5, 0.6) is 0 Å². The van der Waals surface area contributed by atoms with Crippen LogP contribution in [0.1, 0.15) is 21.6 Å². The Morgan fingerprint density at radius 2 is 2.12 bits per heavy atom. The van der Waals surface area contributed by atoms with Gasteiger partial charge in [0.25, 0.3) is 0 Å². The van der Waals surface area contributed by atoms with E-state index < -0.39 is 5.97 Å². The quantitative estimate of drug-likeness (QED) is 0.761. The molecule has 2 N–H and O–H groups in total. The SMILES string of the molecule is O=C(O)c1[nH]nc2c1CCc1ccccc1-2. The number of benzene rings is 1. The molecule has 0 fully saturated rings. The van der Waals surface area contributed by atoms with Crippen molar-refractivity contribution in [2.45, 2.75) is 12.8 Å². The van der Waals surface area contributed by atoms with E-state index in [4.69, 9.17) is 5.11 Å². The number of carboxylic acids is 1. The zero-order valence-corrected chi connectivity index (χ0v) is 8.53. The van der Waals surface area contributed by atoms with Gasteiger partial charge in [-0.15, -0.1) is 0 Å². The molecule has 0 bridgehead atoms. The fraction of sp³-hybridized carbons (Fsp3) is 0.167.